The van der Waals surface area contributed by atoms with E-state index in [0.717, 1.165) is 17.0 Å². The zero-order valence-electron chi connectivity index (χ0n) is 13.0. The minimum Gasteiger partial charge on any atom is -0.496 e. The van der Waals surface area contributed by atoms with Crippen molar-refractivity contribution in [3.63, 3.8) is 0 Å². The largest absolute Gasteiger partial charge is 0.496 e. The van der Waals surface area contributed by atoms with Gasteiger partial charge in [0.15, 0.2) is 0 Å². The van der Waals surface area contributed by atoms with E-state index in [1.807, 2.05) is 29.2 Å². The summed E-state index contributed by atoms with van der Waals surface area (Å²) < 4.78 is 5.47. The van der Waals surface area contributed by atoms with Crippen molar-refractivity contribution in [2.75, 3.05) is 17.8 Å². The van der Waals surface area contributed by atoms with Crippen LogP contribution in [0, 0.1) is 13.8 Å². The van der Waals surface area contributed by atoms with Crippen molar-refractivity contribution in [2.45, 2.75) is 19.2 Å². The maximum atomic E-state index is 12.4. The maximum absolute atomic E-state index is 12.4. The van der Waals surface area contributed by atoms with E-state index < -0.39 is 0 Å². The SMILES string of the molecule is COc1ccccc1C1SCC(=O)N1c1cc(C)cc(C)c1. The van der Waals surface area contributed by atoms with Crippen molar-refractivity contribution in [1.29, 1.82) is 0 Å². The number of benzene rings is 2. The third-order valence-electron chi connectivity index (χ3n) is 3.76. The Morgan fingerprint density at radius 3 is 2.50 bits per heavy atom. The monoisotopic (exact) mass is 313 g/mol. The average Bonchev–Trinajstić information content (AvgIpc) is 2.87. The number of nitrogens with zero attached hydrogens (tertiary/aromatic N) is 1. The molecule has 0 radical (unpaired) electrons. The Morgan fingerprint density at radius 2 is 1.82 bits per heavy atom. The molecule has 1 unspecified atom stereocenters. The first-order valence-electron chi connectivity index (χ1n) is 7.25. The van der Waals surface area contributed by atoms with Gasteiger partial charge in [-0.05, 0) is 43.2 Å². The zero-order valence-corrected chi connectivity index (χ0v) is 13.8. The van der Waals surface area contributed by atoms with Crippen molar-refractivity contribution in [3.8, 4) is 5.75 Å². The molecule has 2 aromatic carbocycles. The van der Waals surface area contributed by atoms with Crippen molar-refractivity contribution in [2.24, 2.45) is 0 Å². The Labute approximate surface area is 135 Å². The number of ether oxygens (including phenoxy) is 1. The van der Waals surface area contributed by atoms with Gasteiger partial charge in [-0.3, -0.25) is 9.69 Å². The number of aryl methyl sites for hydroxylation is 2. The van der Waals surface area contributed by atoms with Gasteiger partial charge in [0, 0.05) is 11.3 Å². The molecule has 1 aliphatic heterocycles. The zero-order chi connectivity index (χ0) is 15.7. The van der Waals surface area contributed by atoms with Crippen molar-refractivity contribution in [1.82, 2.24) is 0 Å². The highest BCUT2D eigenvalue weighted by atomic mass is 32.2. The van der Waals surface area contributed by atoms with Crippen LogP contribution >= 0.6 is 11.8 Å². The third kappa shape index (κ3) is 2.71. The van der Waals surface area contributed by atoms with E-state index in [2.05, 4.69) is 32.0 Å². The highest BCUT2D eigenvalue weighted by Crippen LogP contribution is 2.44. The van der Waals surface area contributed by atoms with Gasteiger partial charge in [0.2, 0.25) is 5.91 Å². The molecule has 3 nitrogen and oxygen atoms in total. The molecule has 1 amide bonds. The Bertz CT molecular complexity index is 694. The third-order valence-corrected chi connectivity index (χ3v) is 4.95. The first kappa shape index (κ1) is 15.0. The Balaban J connectivity index is 2.06. The first-order valence-corrected chi connectivity index (χ1v) is 8.30. The lowest BCUT2D eigenvalue weighted by atomic mass is 10.1. The molecule has 4 heteroatoms. The molecule has 1 heterocycles. The summed E-state index contributed by atoms with van der Waals surface area (Å²) in [5.74, 6) is 1.46. The smallest absolute Gasteiger partial charge is 0.238 e. The molecular formula is C18H19NO2S. The standard InChI is InChI=1S/C18H19NO2S/c1-12-8-13(2)10-14(9-12)19-17(20)11-22-18(19)15-6-4-5-7-16(15)21-3/h4-10,18H,11H2,1-3H3. The molecule has 1 fully saturated rings. The minimum atomic E-state index is -0.0372. The average molecular weight is 313 g/mol. The first-order chi connectivity index (χ1) is 10.6. The highest BCUT2D eigenvalue weighted by molar-refractivity contribution is 8.00. The number of carbonyl (C=O) groups is 1. The second-order valence-corrected chi connectivity index (χ2v) is 6.58. The molecule has 0 aromatic heterocycles. The van der Waals surface area contributed by atoms with Crippen LogP contribution < -0.4 is 9.64 Å². The Morgan fingerprint density at radius 1 is 1.14 bits per heavy atom. The lowest BCUT2D eigenvalue weighted by Crippen LogP contribution is -2.28. The summed E-state index contributed by atoms with van der Waals surface area (Å²) >= 11 is 1.64. The van der Waals surface area contributed by atoms with Crippen LogP contribution in [0.15, 0.2) is 42.5 Å². The molecule has 1 aliphatic rings. The number of para-hydroxylation sites is 1. The van der Waals surface area contributed by atoms with Crippen LogP contribution in [0.4, 0.5) is 5.69 Å². The number of thioether (sulfide) groups is 1. The van der Waals surface area contributed by atoms with Gasteiger partial charge in [-0.15, -0.1) is 11.8 Å². The number of carbonyl (C=O) groups excluding carboxylic acids is 1. The number of methoxy groups -OCH3 is 1. The predicted molar refractivity (Wildman–Crippen MR) is 91.6 cm³/mol. The summed E-state index contributed by atoms with van der Waals surface area (Å²) in [6, 6.07) is 14.2. The summed E-state index contributed by atoms with van der Waals surface area (Å²) in [7, 11) is 1.67. The van der Waals surface area contributed by atoms with E-state index in [9.17, 15) is 4.79 Å². The summed E-state index contributed by atoms with van der Waals surface area (Å²) in [6.07, 6.45) is 0. The van der Waals surface area contributed by atoms with Crippen molar-refractivity contribution < 1.29 is 9.53 Å². The second kappa shape index (κ2) is 6.05. The van der Waals surface area contributed by atoms with E-state index >= 15 is 0 Å². The van der Waals surface area contributed by atoms with Gasteiger partial charge in [0.25, 0.3) is 0 Å². The fourth-order valence-electron chi connectivity index (χ4n) is 2.89. The van der Waals surface area contributed by atoms with E-state index in [0.29, 0.717) is 5.75 Å². The van der Waals surface area contributed by atoms with Gasteiger partial charge in [0.05, 0.1) is 12.9 Å². The van der Waals surface area contributed by atoms with Crippen LogP contribution in [-0.2, 0) is 4.79 Å². The fraction of sp³-hybridized carbons (Fsp3) is 0.278. The summed E-state index contributed by atoms with van der Waals surface area (Å²) in [4.78, 5) is 14.3. The van der Waals surface area contributed by atoms with Crippen molar-refractivity contribution in [3.05, 3.63) is 59.2 Å². The summed E-state index contributed by atoms with van der Waals surface area (Å²) in [5.41, 5.74) is 4.33. The summed E-state index contributed by atoms with van der Waals surface area (Å²) in [6.45, 7) is 4.12. The lowest BCUT2D eigenvalue weighted by molar-refractivity contribution is -0.115. The molecule has 3 rings (SSSR count). The fourth-order valence-corrected chi connectivity index (χ4v) is 4.10. The molecule has 1 atom stereocenters. The second-order valence-electron chi connectivity index (χ2n) is 5.51. The molecule has 0 saturated carbocycles. The van der Waals surface area contributed by atoms with Gasteiger partial charge < -0.3 is 4.74 Å². The van der Waals surface area contributed by atoms with Gasteiger partial charge in [-0.1, -0.05) is 24.3 Å². The van der Waals surface area contributed by atoms with Crippen LogP contribution in [0.3, 0.4) is 0 Å². The molecule has 2 aromatic rings. The lowest BCUT2D eigenvalue weighted by Gasteiger charge is -2.26. The van der Waals surface area contributed by atoms with E-state index in [-0.39, 0.29) is 11.3 Å². The van der Waals surface area contributed by atoms with Crippen molar-refractivity contribution >= 4 is 23.4 Å². The Hall–Kier alpha value is -1.94. The van der Waals surface area contributed by atoms with Crippen LogP contribution in [0.5, 0.6) is 5.75 Å². The van der Waals surface area contributed by atoms with Gasteiger partial charge >= 0.3 is 0 Å². The van der Waals surface area contributed by atoms with E-state index in [1.165, 1.54) is 11.1 Å². The normalized spacial score (nSPS) is 17.9. The van der Waals surface area contributed by atoms with Gasteiger partial charge in [-0.2, -0.15) is 0 Å². The molecule has 0 N–H and O–H groups in total. The van der Waals surface area contributed by atoms with Crippen LogP contribution in [0.25, 0.3) is 0 Å². The quantitative estimate of drug-likeness (QED) is 0.855. The molecule has 0 bridgehead atoms. The number of hydrogen-bond donors (Lipinski definition) is 0. The Kier molecular flexibility index (Phi) is 4.12. The molecule has 1 saturated heterocycles. The van der Waals surface area contributed by atoms with E-state index in [1.54, 1.807) is 18.9 Å². The predicted octanol–water partition coefficient (Wildman–Crippen LogP) is 4.09. The number of anilines is 1. The maximum Gasteiger partial charge on any atom is 0.238 e. The minimum absolute atomic E-state index is 0.0372. The number of amides is 1. The molecule has 22 heavy (non-hydrogen) atoms. The van der Waals surface area contributed by atoms with Gasteiger partial charge in [0.1, 0.15) is 11.1 Å². The van der Waals surface area contributed by atoms with Crippen LogP contribution in [-0.4, -0.2) is 18.8 Å². The van der Waals surface area contributed by atoms with Crippen LogP contribution in [0.1, 0.15) is 22.1 Å². The number of rotatable bonds is 3. The van der Waals surface area contributed by atoms with E-state index in [4.69, 9.17) is 4.74 Å². The molecular weight excluding hydrogens is 294 g/mol. The van der Waals surface area contributed by atoms with Crippen LogP contribution in [0.2, 0.25) is 0 Å². The summed E-state index contributed by atoms with van der Waals surface area (Å²) in [5, 5.41) is -0.0372. The molecule has 0 aliphatic carbocycles. The van der Waals surface area contributed by atoms with Gasteiger partial charge in [-0.25, -0.2) is 0 Å². The molecule has 0 spiro atoms. The number of hydrogen-bond acceptors (Lipinski definition) is 3. The highest BCUT2D eigenvalue weighted by Gasteiger charge is 2.35. The topological polar surface area (TPSA) is 29.5 Å². The molecule has 114 valence electrons.